The molecule has 8 rings (SSSR count). The molecule has 77 heavy (non-hydrogen) atoms. The number of hydrogen-bond acceptors (Lipinski definition) is 14. The molecule has 0 saturated heterocycles. The van der Waals surface area contributed by atoms with Crippen molar-refractivity contribution in [3.05, 3.63) is 205 Å². The second-order valence-electron chi connectivity index (χ2n) is 17.3. The van der Waals surface area contributed by atoms with Crippen LogP contribution in [0, 0.1) is 0 Å². The monoisotopic (exact) mass is 1030 g/mol. The maximum absolute atomic E-state index is 6.04. The fraction of sp³-hybridized carbons (Fsp3) is 0.206. The number of methoxy groups -OCH3 is 2. The third-order valence-corrected chi connectivity index (χ3v) is 11.5. The highest BCUT2D eigenvalue weighted by atomic mass is 16.5. The number of rotatable bonds is 30. The lowest BCUT2D eigenvalue weighted by Crippen LogP contribution is -2.04. The van der Waals surface area contributed by atoms with Gasteiger partial charge in [-0.25, -0.2) is 0 Å². The highest BCUT2D eigenvalue weighted by Gasteiger charge is 2.03. The van der Waals surface area contributed by atoms with E-state index in [1.165, 1.54) is 0 Å². The van der Waals surface area contributed by atoms with E-state index in [2.05, 4.69) is 30.4 Å². The van der Waals surface area contributed by atoms with Crippen LogP contribution in [0.3, 0.4) is 0 Å². The number of ether oxygens (including phenoxy) is 8. The van der Waals surface area contributed by atoms with Gasteiger partial charge >= 0.3 is 0 Å². The van der Waals surface area contributed by atoms with Crippen LogP contribution in [-0.2, 0) is 0 Å². The van der Waals surface area contributed by atoms with Gasteiger partial charge in [-0.2, -0.15) is 20.5 Å². The summed E-state index contributed by atoms with van der Waals surface area (Å²) in [4.78, 5) is 9.29. The smallest absolute Gasteiger partial charge is 0.121 e. The van der Waals surface area contributed by atoms with E-state index in [-0.39, 0.29) is 0 Å². The lowest BCUT2D eigenvalue weighted by atomic mass is 10.2. The summed E-state index contributed by atoms with van der Waals surface area (Å²) in [7, 11) is 3.27. The van der Waals surface area contributed by atoms with Crippen molar-refractivity contribution in [1.82, 2.24) is 0 Å². The summed E-state index contributed by atoms with van der Waals surface area (Å²) < 4.78 is 46.0. The first-order chi connectivity index (χ1) is 38.0. The molecule has 0 saturated carbocycles. The number of azo groups is 2. The van der Waals surface area contributed by atoms with E-state index < -0.39 is 0 Å². The summed E-state index contributed by atoms with van der Waals surface area (Å²) in [6.07, 6.45) is 7.98. The molecule has 0 N–H and O–H groups in total. The van der Waals surface area contributed by atoms with Crippen molar-refractivity contribution >= 4 is 46.6 Å². The Morgan fingerprint density at radius 1 is 0.273 bits per heavy atom. The van der Waals surface area contributed by atoms with Crippen molar-refractivity contribution in [2.75, 3.05) is 53.9 Å². The molecule has 0 amide bonds. The van der Waals surface area contributed by atoms with Crippen LogP contribution in [0.25, 0.3) is 0 Å². The van der Waals surface area contributed by atoms with E-state index in [9.17, 15) is 0 Å². The lowest BCUT2D eigenvalue weighted by Gasteiger charge is -2.09. The fourth-order valence-corrected chi connectivity index (χ4v) is 7.27. The van der Waals surface area contributed by atoms with Crippen molar-refractivity contribution in [2.45, 2.75) is 32.1 Å². The number of aliphatic imine (C=N–C) groups is 2. The Kier molecular flexibility index (Phi) is 21.1. The molecule has 0 bridgehead atoms. The van der Waals surface area contributed by atoms with E-state index in [0.29, 0.717) is 39.6 Å². The fourth-order valence-electron chi connectivity index (χ4n) is 7.27. The topological polar surface area (TPSA) is 148 Å². The van der Waals surface area contributed by atoms with Crippen LogP contribution in [-0.4, -0.2) is 66.3 Å². The first-order valence-corrected chi connectivity index (χ1v) is 25.6. The standard InChI is InChI=1S/C63H62N6O8/c1-70-56-29-17-51(18-30-56)66-68-53-21-35-61(36-22-53)75-43-7-41-73-58-25-11-48(12-26-58)46-64-50-15-33-60(34-16-50)72-39-4-3-5-40-77-63-10-6-9-55(45-63)65-47-49-13-27-59(28-14-49)74-42-8-44-76-62-37-23-54(24-38-62)69-67-52-19-31-57(71-2)32-20-52/h6,9-38,45-47H,3-5,7-8,39-44H2,1-2H3. The van der Waals surface area contributed by atoms with E-state index >= 15 is 0 Å². The van der Waals surface area contributed by atoms with Gasteiger partial charge in [0.15, 0.2) is 0 Å². The molecule has 0 aliphatic rings. The van der Waals surface area contributed by atoms with Crippen molar-refractivity contribution < 1.29 is 37.9 Å². The Bertz CT molecular complexity index is 3100. The highest BCUT2D eigenvalue weighted by Crippen LogP contribution is 2.27. The second-order valence-corrected chi connectivity index (χ2v) is 17.3. The first kappa shape index (κ1) is 54.0. The van der Waals surface area contributed by atoms with Crippen molar-refractivity contribution in [2.24, 2.45) is 30.4 Å². The SMILES string of the molecule is COc1ccc(N=Nc2ccc(OCCCOc3ccc(C=Nc4ccc(OCCCCCOc5cccc(N=Cc6ccc(OCCCOc7ccc(N=Nc8ccc(OC)cc8)cc7)cc6)c5)cc4)cc3)cc2)cc1. The average Bonchev–Trinajstić information content (AvgIpc) is 3.48. The van der Waals surface area contributed by atoms with Gasteiger partial charge in [-0.1, -0.05) is 6.07 Å². The Morgan fingerprint density at radius 2 is 0.571 bits per heavy atom. The molecule has 0 atom stereocenters. The molecule has 0 unspecified atom stereocenters. The Balaban J connectivity index is 0.633. The van der Waals surface area contributed by atoms with Crippen LogP contribution in [0.5, 0.6) is 46.0 Å². The predicted octanol–water partition coefficient (Wildman–Crippen LogP) is 16.4. The molecule has 392 valence electrons. The molecule has 0 radical (unpaired) electrons. The van der Waals surface area contributed by atoms with Crippen LogP contribution in [0.4, 0.5) is 34.1 Å². The molecular formula is C63H62N6O8. The molecule has 0 aliphatic heterocycles. The normalized spacial score (nSPS) is 11.4. The minimum absolute atomic E-state index is 0.531. The minimum Gasteiger partial charge on any atom is -0.497 e. The lowest BCUT2D eigenvalue weighted by molar-refractivity contribution is 0.247. The average molecular weight is 1030 g/mol. The molecule has 0 fully saturated rings. The number of nitrogens with zero attached hydrogens (tertiary/aromatic N) is 6. The van der Waals surface area contributed by atoms with Crippen molar-refractivity contribution in [3.63, 3.8) is 0 Å². The minimum atomic E-state index is 0.531. The summed E-state index contributed by atoms with van der Waals surface area (Å²) in [5.74, 6) is 6.29. The second kappa shape index (κ2) is 30.2. The van der Waals surface area contributed by atoms with E-state index in [4.69, 9.17) is 37.9 Å². The molecule has 14 heteroatoms. The molecule has 0 aromatic heterocycles. The Labute approximate surface area is 450 Å². The van der Waals surface area contributed by atoms with Gasteiger partial charge in [0, 0.05) is 31.3 Å². The van der Waals surface area contributed by atoms with Crippen LogP contribution in [0.2, 0.25) is 0 Å². The summed E-state index contributed by atoms with van der Waals surface area (Å²) in [6, 6.07) is 61.2. The van der Waals surface area contributed by atoms with Gasteiger partial charge in [-0.05, 0) is 212 Å². The molecule has 0 heterocycles. The zero-order valence-electron chi connectivity index (χ0n) is 43.4. The predicted molar refractivity (Wildman–Crippen MR) is 304 cm³/mol. The Morgan fingerprint density at radius 3 is 0.935 bits per heavy atom. The zero-order valence-corrected chi connectivity index (χ0v) is 43.4. The van der Waals surface area contributed by atoms with Crippen molar-refractivity contribution in [3.8, 4) is 46.0 Å². The van der Waals surface area contributed by atoms with Gasteiger partial charge in [0.1, 0.15) is 46.0 Å². The third-order valence-electron chi connectivity index (χ3n) is 11.5. The quantitative estimate of drug-likeness (QED) is 0.0246. The molecule has 0 spiro atoms. The van der Waals surface area contributed by atoms with Crippen LogP contribution >= 0.6 is 0 Å². The first-order valence-electron chi connectivity index (χ1n) is 25.6. The van der Waals surface area contributed by atoms with Gasteiger partial charge < -0.3 is 37.9 Å². The number of unbranched alkanes of at least 4 members (excludes halogenated alkanes) is 2. The van der Waals surface area contributed by atoms with Gasteiger partial charge in [0.25, 0.3) is 0 Å². The summed E-state index contributed by atoms with van der Waals surface area (Å²) >= 11 is 0. The van der Waals surface area contributed by atoms with Crippen LogP contribution < -0.4 is 37.9 Å². The van der Waals surface area contributed by atoms with Gasteiger partial charge in [-0.15, -0.1) is 0 Å². The number of hydrogen-bond donors (Lipinski definition) is 0. The maximum atomic E-state index is 6.04. The van der Waals surface area contributed by atoms with Crippen molar-refractivity contribution in [1.29, 1.82) is 0 Å². The van der Waals surface area contributed by atoms with E-state index in [1.807, 2.05) is 207 Å². The van der Waals surface area contributed by atoms with Gasteiger partial charge in [0.2, 0.25) is 0 Å². The maximum Gasteiger partial charge on any atom is 0.121 e. The summed E-state index contributed by atoms with van der Waals surface area (Å²) in [5, 5.41) is 17.1. The molecule has 8 aromatic rings. The van der Waals surface area contributed by atoms with Gasteiger partial charge in [-0.3, -0.25) is 9.98 Å². The van der Waals surface area contributed by atoms with E-state index in [0.717, 1.165) is 123 Å². The van der Waals surface area contributed by atoms with Crippen LogP contribution in [0.15, 0.2) is 225 Å². The summed E-state index contributed by atoms with van der Waals surface area (Å²) in [6.45, 7) is 3.38. The van der Waals surface area contributed by atoms with Crippen LogP contribution in [0.1, 0.15) is 43.2 Å². The highest BCUT2D eigenvalue weighted by molar-refractivity contribution is 5.83. The number of benzene rings is 8. The van der Waals surface area contributed by atoms with E-state index in [1.54, 1.807) is 14.2 Å². The summed E-state index contributed by atoms with van der Waals surface area (Å²) in [5.41, 5.74) is 6.60. The Hall–Kier alpha value is -9.30. The molecule has 0 aliphatic carbocycles. The molecule has 14 nitrogen and oxygen atoms in total. The molecular weight excluding hydrogens is 969 g/mol. The zero-order chi connectivity index (χ0) is 53.0. The van der Waals surface area contributed by atoms with Gasteiger partial charge in [0.05, 0.1) is 88.0 Å². The third kappa shape index (κ3) is 19.2. The molecule has 8 aromatic carbocycles. The largest absolute Gasteiger partial charge is 0.497 e.